The second kappa shape index (κ2) is 7.33. The molecule has 1 N–H and O–H groups in total. The molecule has 0 aliphatic rings. The number of rotatable bonds is 5. The quantitative estimate of drug-likeness (QED) is 0.712. The van der Waals surface area contributed by atoms with Crippen LogP contribution in [0.4, 0.5) is 13.2 Å². The minimum atomic E-state index is -4.37. The lowest BCUT2D eigenvalue weighted by Gasteiger charge is -2.08. The van der Waals surface area contributed by atoms with Gasteiger partial charge in [-0.25, -0.2) is 4.98 Å². The Kier molecular flexibility index (Phi) is 5.13. The number of benzene rings is 1. The Balaban J connectivity index is 1.70. The maximum Gasteiger partial charge on any atom is 0.416 e. The number of carbonyl (C=O) groups excluding carboxylic acids is 1. The largest absolute Gasteiger partial charge is 0.416 e. The second-order valence-corrected chi connectivity index (χ2v) is 6.57. The standard InChI is InChI=1S/C18H16F3N3OS/c1-2-14-15(26-17(23-14)24-9-3-4-10-24)16(25)22-11-12-5-7-13(8-6-12)18(19,20)21/h3-10H,2,11H2,1H3,(H,22,25). The van der Waals surface area contributed by atoms with E-state index in [0.717, 1.165) is 12.1 Å². The summed E-state index contributed by atoms with van der Waals surface area (Å²) in [6, 6.07) is 8.49. The Bertz CT molecular complexity index is 884. The first kappa shape index (κ1) is 18.2. The van der Waals surface area contributed by atoms with Crippen LogP contribution in [0, 0.1) is 0 Å². The molecule has 0 aliphatic carbocycles. The number of aryl methyl sites for hydroxylation is 1. The molecular formula is C18H16F3N3OS. The predicted molar refractivity (Wildman–Crippen MR) is 93.4 cm³/mol. The topological polar surface area (TPSA) is 46.9 Å². The zero-order chi connectivity index (χ0) is 18.7. The molecule has 1 aromatic carbocycles. The molecule has 0 unspecified atom stereocenters. The zero-order valence-corrected chi connectivity index (χ0v) is 14.7. The van der Waals surface area contributed by atoms with Gasteiger partial charge in [0.2, 0.25) is 0 Å². The van der Waals surface area contributed by atoms with Crippen molar-refractivity contribution in [3.05, 3.63) is 70.5 Å². The van der Waals surface area contributed by atoms with Gasteiger partial charge >= 0.3 is 6.18 Å². The highest BCUT2D eigenvalue weighted by Gasteiger charge is 2.29. The van der Waals surface area contributed by atoms with Crippen LogP contribution in [0.25, 0.3) is 5.13 Å². The van der Waals surface area contributed by atoms with Gasteiger partial charge in [0.25, 0.3) is 5.91 Å². The van der Waals surface area contributed by atoms with Gasteiger partial charge in [-0.2, -0.15) is 13.2 Å². The van der Waals surface area contributed by atoms with Crippen LogP contribution in [0.15, 0.2) is 48.8 Å². The van der Waals surface area contributed by atoms with Gasteiger partial charge in [-0.1, -0.05) is 30.4 Å². The lowest BCUT2D eigenvalue weighted by atomic mass is 10.1. The summed E-state index contributed by atoms with van der Waals surface area (Å²) >= 11 is 1.28. The third-order valence-electron chi connectivity index (χ3n) is 3.79. The third kappa shape index (κ3) is 3.96. The Morgan fingerprint density at radius 1 is 1.19 bits per heavy atom. The van der Waals surface area contributed by atoms with Gasteiger partial charge in [0, 0.05) is 18.9 Å². The van der Waals surface area contributed by atoms with Crippen molar-refractivity contribution in [1.29, 1.82) is 0 Å². The Morgan fingerprint density at radius 3 is 2.42 bits per heavy atom. The van der Waals surface area contributed by atoms with Crippen LogP contribution in [0.1, 0.15) is 33.4 Å². The van der Waals surface area contributed by atoms with Crippen molar-refractivity contribution >= 4 is 17.2 Å². The van der Waals surface area contributed by atoms with E-state index in [1.807, 2.05) is 36.0 Å². The van der Waals surface area contributed by atoms with Crippen LogP contribution in [-0.4, -0.2) is 15.5 Å². The van der Waals surface area contributed by atoms with Gasteiger partial charge in [-0.15, -0.1) is 0 Å². The minimum absolute atomic E-state index is 0.150. The number of aromatic nitrogens is 2. The van der Waals surface area contributed by atoms with Crippen LogP contribution < -0.4 is 5.32 Å². The van der Waals surface area contributed by atoms with Gasteiger partial charge in [0.05, 0.1) is 11.3 Å². The summed E-state index contributed by atoms with van der Waals surface area (Å²) in [7, 11) is 0. The van der Waals surface area contributed by atoms with Crippen molar-refractivity contribution in [3.63, 3.8) is 0 Å². The summed E-state index contributed by atoms with van der Waals surface area (Å²) in [5, 5.41) is 3.45. The smallest absolute Gasteiger partial charge is 0.347 e. The van der Waals surface area contributed by atoms with Crippen molar-refractivity contribution in [3.8, 4) is 5.13 Å². The van der Waals surface area contributed by atoms with E-state index < -0.39 is 11.7 Å². The highest BCUT2D eigenvalue weighted by atomic mass is 32.1. The maximum atomic E-state index is 12.6. The Labute approximate surface area is 152 Å². The van der Waals surface area contributed by atoms with E-state index in [1.165, 1.54) is 23.5 Å². The average molecular weight is 379 g/mol. The van der Waals surface area contributed by atoms with Crippen molar-refractivity contribution in [2.75, 3.05) is 0 Å². The minimum Gasteiger partial charge on any atom is -0.347 e. The van der Waals surface area contributed by atoms with Crippen LogP contribution in [0.3, 0.4) is 0 Å². The van der Waals surface area contributed by atoms with E-state index in [4.69, 9.17) is 0 Å². The molecule has 0 saturated carbocycles. The number of alkyl halides is 3. The molecule has 8 heteroatoms. The molecule has 1 amide bonds. The van der Waals surface area contributed by atoms with E-state index in [2.05, 4.69) is 10.3 Å². The summed E-state index contributed by atoms with van der Waals surface area (Å²) in [5.41, 5.74) is 0.586. The number of carbonyl (C=O) groups is 1. The fourth-order valence-corrected chi connectivity index (χ4v) is 3.44. The van der Waals surface area contributed by atoms with E-state index in [0.29, 0.717) is 27.7 Å². The average Bonchev–Trinajstić information content (AvgIpc) is 3.28. The molecule has 3 aromatic rings. The van der Waals surface area contributed by atoms with E-state index in [9.17, 15) is 18.0 Å². The number of hydrogen-bond acceptors (Lipinski definition) is 3. The highest BCUT2D eigenvalue weighted by Crippen LogP contribution is 2.29. The van der Waals surface area contributed by atoms with Crippen LogP contribution in [0.2, 0.25) is 0 Å². The summed E-state index contributed by atoms with van der Waals surface area (Å²) in [6.45, 7) is 2.07. The first-order chi connectivity index (χ1) is 12.4. The first-order valence-corrected chi connectivity index (χ1v) is 8.77. The summed E-state index contributed by atoms with van der Waals surface area (Å²) in [5.74, 6) is -0.280. The SMILES string of the molecule is CCc1nc(-n2cccc2)sc1C(=O)NCc1ccc(C(F)(F)F)cc1. The molecule has 3 rings (SSSR count). The van der Waals surface area contributed by atoms with E-state index in [1.54, 1.807) is 0 Å². The van der Waals surface area contributed by atoms with Crippen molar-refractivity contribution < 1.29 is 18.0 Å². The van der Waals surface area contributed by atoms with Gasteiger partial charge in [-0.3, -0.25) is 4.79 Å². The maximum absolute atomic E-state index is 12.6. The van der Waals surface area contributed by atoms with E-state index in [-0.39, 0.29) is 12.5 Å². The third-order valence-corrected chi connectivity index (χ3v) is 4.90. The van der Waals surface area contributed by atoms with E-state index >= 15 is 0 Å². The van der Waals surface area contributed by atoms with Crippen molar-refractivity contribution in [2.24, 2.45) is 0 Å². The normalized spacial score (nSPS) is 11.5. The van der Waals surface area contributed by atoms with Gasteiger partial charge in [-0.05, 0) is 36.2 Å². The molecule has 2 aromatic heterocycles. The van der Waals surface area contributed by atoms with Crippen molar-refractivity contribution in [2.45, 2.75) is 26.1 Å². The number of nitrogens with one attached hydrogen (secondary N) is 1. The van der Waals surface area contributed by atoms with Gasteiger partial charge < -0.3 is 9.88 Å². The molecule has 0 spiro atoms. The molecule has 0 aliphatic heterocycles. The number of nitrogens with zero attached hydrogens (tertiary/aromatic N) is 2. The number of amides is 1. The van der Waals surface area contributed by atoms with Gasteiger partial charge in [0.1, 0.15) is 4.88 Å². The van der Waals surface area contributed by atoms with Crippen LogP contribution in [-0.2, 0) is 19.1 Å². The first-order valence-electron chi connectivity index (χ1n) is 7.96. The fraction of sp³-hybridized carbons (Fsp3) is 0.222. The molecule has 0 saturated heterocycles. The fourth-order valence-electron chi connectivity index (χ4n) is 2.40. The van der Waals surface area contributed by atoms with Crippen LogP contribution in [0.5, 0.6) is 0 Å². The lowest BCUT2D eigenvalue weighted by molar-refractivity contribution is -0.137. The number of hydrogen-bond donors (Lipinski definition) is 1. The lowest BCUT2D eigenvalue weighted by Crippen LogP contribution is -2.23. The molecular weight excluding hydrogens is 363 g/mol. The number of halogens is 3. The molecule has 0 atom stereocenters. The highest BCUT2D eigenvalue weighted by molar-refractivity contribution is 7.16. The summed E-state index contributed by atoms with van der Waals surface area (Å²) in [6.07, 6.45) is -0.0551. The zero-order valence-electron chi connectivity index (χ0n) is 13.9. The summed E-state index contributed by atoms with van der Waals surface area (Å²) in [4.78, 5) is 17.5. The number of thiazole rings is 1. The molecule has 4 nitrogen and oxygen atoms in total. The predicted octanol–water partition coefficient (Wildman–Crippen LogP) is 4.45. The second-order valence-electron chi connectivity index (χ2n) is 5.59. The molecule has 0 fully saturated rings. The molecule has 136 valence electrons. The monoisotopic (exact) mass is 379 g/mol. The molecule has 0 bridgehead atoms. The Hall–Kier alpha value is -2.61. The van der Waals surface area contributed by atoms with Gasteiger partial charge in [0.15, 0.2) is 5.13 Å². The Morgan fingerprint density at radius 2 is 1.85 bits per heavy atom. The van der Waals surface area contributed by atoms with Crippen molar-refractivity contribution in [1.82, 2.24) is 14.9 Å². The molecule has 0 radical (unpaired) electrons. The molecule has 26 heavy (non-hydrogen) atoms. The molecule has 2 heterocycles. The van der Waals surface area contributed by atoms with Crippen LogP contribution >= 0.6 is 11.3 Å². The summed E-state index contributed by atoms with van der Waals surface area (Å²) < 4.78 is 39.6.